The van der Waals surface area contributed by atoms with Crippen molar-refractivity contribution in [2.45, 2.75) is 17.4 Å². The Hall–Kier alpha value is -2.98. The molecule has 1 atom stereocenters. The van der Waals surface area contributed by atoms with Gasteiger partial charge in [-0.3, -0.25) is 14.8 Å². The Balaban J connectivity index is 1.59. The summed E-state index contributed by atoms with van der Waals surface area (Å²) in [6.07, 6.45) is 3.49. The molecule has 1 aromatic carbocycles. The molecule has 0 aliphatic carbocycles. The van der Waals surface area contributed by atoms with Crippen LogP contribution in [0.1, 0.15) is 6.42 Å². The molecule has 1 fully saturated rings. The van der Waals surface area contributed by atoms with Crippen LogP contribution in [0.2, 0.25) is 0 Å². The molecule has 0 bridgehead atoms. The Labute approximate surface area is 153 Å². The maximum absolute atomic E-state index is 12.9. The first-order valence-corrected chi connectivity index (χ1v) is 9.71. The summed E-state index contributed by atoms with van der Waals surface area (Å²) in [6, 6.07) is 7.58. The molecule has 1 aliphatic rings. The number of fused-ring (bicyclic) bond motifs is 1. The zero-order valence-electron chi connectivity index (χ0n) is 14.1. The van der Waals surface area contributed by atoms with Gasteiger partial charge < -0.3 is 9.72 Å². The standard InChI is InChI=1S/C17H16N4O5S/c22-16-14-8-13(3-4-15(14)19-17(23)20-16)27(24,25)21-7-5-12(10-21)26-11-2-1-6-18-9-11/h1-4,6,8-9,12H,5,7,10H2,(H2,19,20,22,23)/t12-/m0/s1. The predicted octanol–water partition coefficient (Wildman–Crippen LogP) is 0.453. The van der Waals surface area contributed by atoms with Crippen molar-refractivity contribution in [2.24, 2.45) is 0 Å². The van der Waals surface area contributed by atoms with Gasteiger partial charge in [-0.2, -0.15) is 4.31 Å². The number of hydrogen-bond donors (Lipinski definition) is 2. The quantitative estimate of drug-likeness (QED) is 0.669. The van der Waals surface area contributed by atoms with Crippen molar-refractivity contribution in [3.05, 3.63) is 63.6 Å². The normalized spacial score (nSPS) is 18.0. The number of hydrogen-bond acceptors (Lipinski definition) is 6. The number of rotatable bonds is 4. The van der Waals surface area contributed by atoms with Gasteiger partial charge in [-0.15, -0.1) is 0 Å². The first-order chi connectivity index (χ1) is 12.9. The average Bonchev–Trinajstić information content (AvgIpc) is 3.11. The zero-order valence-corrected chi connectivity index (χ0v) is 14.9. The molecule has 10 heteroatoms. The number of nitrogens with zero attached hydrogens (tertiary/aromatic N) is 2. The topological polar surface area (TPSA) is 125 Å². The highest BCUT2D eigenvalue weighted by Gasteiger charge is 2.34. The molecule has 4 rings (SSSR count). The molecule has 9 nitrogen and oxygen atoms in total. The minimum atomic E-state index is -3.79. The summed E-state index contributed by atoms with van der Waals surface area (Å²) in [5.41, 5.74) is -0.995. The summed E-state index contributed by atoms with van der Waals surface area (Å²) in [7, 11) is -3.79. The van der Waals surface area contributed by atoms with Crippen molar-refractivity contribution in [1.82, 2.24) is 19.3 Å². The Bertz CT molecular complexity index is 1200. The van der Waals surface area contributed by atoms with E-state index < -0.39 is 21.3 Å². The largest absolute Gasteiger partial charge is 0.487 e. The van der Waals surface area contributed by atoms with Crippen LogP contribution in [0, 0.1) is 0 Å². The Morgan fingerprint density at radius 1 is 1.19 bits per heavy atom. The fraction of sp³-hybridized carbons (Fsp3) is 0.235. The molecule has 0 spiro atoms. The average molecular weight is 388 g/mol. The van der Waals surface area contributed by atoms with Gasteiger partial charge in [0.1, 0.15) is 11.9 Å². The first kappa shape index (κ1) is 17.4. The van der Waals surface area contributed by atoms with Crippen LogP contribution in [-0.4, -0.2) is 46.9 Å². The summed E-state index contributed by atoms with van der Waals surface area (Å²) in [5, 5.41) is 0.109. The number of ether oxygens (including phenoxy) is 1. The second-order valence-corrected chi connectivity index (χ2v) is 8.13. The molecular formula is C17H16N4O5S. The van der Waals surface area contributed by atoms with E-state index in [0.717, 1.165) is 0 Å². The van der Waals surface area contributed by atoms with Gasteiger partial charge in [-0.25, -0.2) is 13.2 Å². The van der Waals surface area contributed by atoms with Crippen molar-refractivity contribution in [1.29, 1.82) is 0 Å². The molecule has 2 N–H and O–H groups in total. The predicted molar refractivity (Wildman–Crippen MR) is 97.2 cm³/mol. The second-order valence-electron chi connectivity index (χ2n) is 6.20. The number of H-pyrrole nitrogens is 2. The Kier molecular flexibility index (Phi) is 4.28. The molecule has 3 aromatic rings. The Morgan fingerprint density at radius 3 is 2.81 bits per heavy atom. The molecule has 1 saturated heterocycles. The SMILES string of the molecule is O=c1[nH]c(=O)c2cc(S(=O)(=O)N3CC[C@H](Oc4cccnc4)C3)ccc2[nH]1. The maximum atomic E-state index is 12.9. The lowest BCUT2D eigenvalue weighted by Crippen LogP contribution is -2.31. The molecule has 0 saturated carbocycles. The fourth-order valence-electron chi connectivity index (χ4n) is 3.08. The highest BCUT2D eigenvalue weighted by molar-refractivity contribution is 7.89. The van der Waals surface area contributed by atoms with E-state index in [9.17, 15) is 18.0 Å². The monoisotopic (exact) mass is 388 g/mol. The highest BCUT2D eigenvalue weighted by atomic mass is 32.2. The minimum Gasteiger partial charge on any atom is -0.487 e. The van der Waals surface area contributed by atoms with Crippen LogP contribution in [0.5, 0.6) is 5.75 Å². The third kappa shape index (κ3) is 3.36. The van der Waals surface area contributed by atoms with Crippen LogP contribution in [0.4, 0.5) is 0 Å². The fourth-order valence-corrected chi connectivity index (χ4v) is 4.59. The molecule has 0 unspecified atom stereocenters. The lowest BCUT2D eigenvalue weighted by molar-refractivity contribution is 0.214. The van der Waals surface area contributed by atoms with Gasteiger partial charge in [0.2, 0.25) is 10.0 Å². The summed E-state index contributed by atoms with van der Waals surface area (Å²) in [5.74, 6) is 0.586. The molecular weight excluding hydrogens is 372 g/mol. The number of sulfonamides is 1. The summed E-state index contributed by atoms with van der Waals surface area (Å²) in [6.45, 7) is 0.518. The molecule has 0 radical (unpaired) electrons. The highest BCUT2D eigenvalue weighted by Crippen LogP contribution is 2.25. The van der Waals surface area contributed by atoms with Crippen molar-refractivity contribution in [3.8, 4) is 5.75 Å². The van der Waals surface area contributed by atoms with E-state index >= 15 is 0 Å². The number of benzene rings is 1. The molecule has 2 aromatic heterocycles. The van der Waals surface area contributed by atoms with Crippen molar-refractivity contribution in [3.63, 3.8) is 0 Å². The summed E-state index contributed by atoms with van der Waals surface area (Å²) < 4.78 is 33.0. The lowest BCUT2D eigenvalue weighted by Gasteiger charge is -2.17. The van der Waals surface area contributed by atoms with Crippen molar-refractivity contribution < 1.29 is 13.2 Å². The van der Waals surface area contributed by atoms with Crippen LogP contribution in [-0.2, 0) is 10.0 Å². The van der Waals surface area contributed by atoms with Crippen LogP contribution in [0.15, 0.2) is 57.2 Å². The van der Waals surface area contributed by atoms with E-state index in [4.69, 9.17) is 4.74 Å². The van der Waals surface area contributed by atoms with Gasteiger partial charge in [0.25, 0.3) is 5.56 Å². The van der Waals surface area contributed by atoms with Gasteiger partial charge in [-0.1, -0.05) is 0 Å². The van der Waals surface area contributed by atoms with Gasteiger partial charge in [0, 0.05) is 12.7 Å². The van der Waals surface area contributed by atoms with Gasteiger partial charge in [-0.05, 0) is 36.8 Å². The Morgan fingerprint density at radius 2 is 2.04 bits per heavy atom. The smallest absolute Gasteiger partial charge is 0.326 e. The van der Waals surface area contributed by atoms with E-state index in [-0.39, 0.29) is 28.4 Å². The molecule has 3 heterocycles. The van der Waals surface area contributed by atoms with Crippen LogP contribution < -0.4 is 16.0 Å². The summed E-state index contributed by atoms with van der Waals surface area (Å²) in [4.78, 5) is 31.8. The van der Waals surface area contributed by atoms with E-state index in [2.05, 4.69) is 15.0 Å². The first-order valence-electron chi connectivity index (χ1n) is 8.27. The van der Waals surface area contributed by atoms with E-state index in [0.29, 0.717) is 18.7 Å². The second kappa shape index (κ2) is 6.63. The number of nitrogens with one attached hydrogen (secondary N) is 2. The minimum absolute atomic E-state index is 0.00502. The van der Waals surface area contributed by atoms with Gasteiger partial charge >= 0.3 is 5.69 Å². The lowest BCUT2D eigenvalue weighted by atomic mass is 10.2. The maximum Gasteiger partial charge on any atom is 0.326 e. The number of aromatic amines is 2. The third-order valence-corrected chi connectivity index (χ3v) is 6.25. The third-order valence-electron chi connectivity index (χ3n) is 4.39. The van der Waals surface area contributed by atoms with Crippen LogP contribution >= 0.6 is 0 Å². The molecule has 140 valence electrons. The molecule has 1 aliphatic heterocycles. The van der Waals surface area contributed by atoms with Gasteiger partial charge in [0.15, 0.2) is 0 Å². The number of pyridine rings is 1. The van der Waals surface area contributed by atoms with Crippen LogP contribution in [0.25, 0.3) is 10.9 Å². The van der Waals surface area contributed by atoms with E-state index in [1.54, 1.807) is 24.5 Å². The van der Waals surface area contributed by atoms with Gasteiger partial charge in [0.05, 0.1) is 28.5 Å². The van der Waals surface area contributed by atoms with E-state index in [1.165, 1.54) is 22.5 Å². The van der Waals surface area contributed by atoms with Crippen LogP contribution in [0.3, 0.4) is 0 Å². The number of aromatic nitrogens is 3. The molecule has 0 amide bonds. The molecule has 27 heavy (non-hydrogen) atoms. The van der Waals surface area contributed by atoms with Crippen molar-refractivity contribution in [2.75, 3.05) is 13.1 Å². The van der Waals surface area contributed by atoms with E-state index in [1.807, 2.05) is 0 Å². The summed E-state index contributed by atoms with van der Waals surface area (Å²) >= 11 is 0. The van der Waals surface area contributed by atoms with Crippen molar-refractivity contribution >= 4 is 20.9 Å². The zero-order chi connectivity index (χ0) is 19.0.